The van der Waals surface area contributed by atoms with E-state index in [4.69, 9.17) is 0 Å². The number of hydrogen-bond acceptors (Lipinski definition) is 11. The van der Waals surface area contributed by atoms with Crippen molar-refractivity contribution in [3.63, 3.8) is 0 Å². The fourth-order valence-electron chi connectivity index (χ4n) is 5.04. The summed E-state index contributed by atoms with van der Waals surface area (Å²) in [5, 5.41) is 31.9. The lowest BCUT2D eigenvalue weighted by atomic mass is 9.91. The van der Waals surface area contributed by atoms with E-state index in [1.807, 2.05) is 0 Å². The van der Waals surface area contributed by atoms with Crippen LogP contribution in [0.4, 0.5) is 74.6 Å². The minimum Gasteiger partial charge on any atom is -0.480 e. The van der Waals surface area contributed by atoms with Crippen LogP contribution in [0.5, 0.6) is 0 Å². The Balaban J connectivity index is 3.16. The van der Waals surface area contributed by atoms with Crippen molar-refractivity contribution < 1.29 is 123 Å². The highest BCUT2D eigenvalue weighted by molar-refractivity contribution is 7.90. The number of halogens is 17. The minimum atomic E-state index is -9.04. The first-order valence-electron chi connectivity index (χ1n) is 16.4. The van der Waals surface area contributed by atoms with Crippen molar-refractivity contribution >= 4 is 33.8 Å². The third-order valence-corrected chi connectivity index (χ3v) is 9.92. The number of carboxylic acid groups (broad SMARTS) is 3. The Hall–Kier alpha value is -3.60. The molecule has 0 spiro atoms. The molecule has 0 bridgehead atoms. The summed E-state index contributed by atoms with van der Waals surface area (Å²) in [4.78, 5) is 51.6. The molecule has 1 aliphatic rings. The molecule has 0 saturated carbocycles. The van der Waals surface area contributed by atoms with Gasteiger partial charge in [0, 0.05) is 65.4 Å². The number of sulfonamides is 1. The van der Waals surface area contributed by atoms with Gasteiger partial charge in [0.2, 0.25) is 5.91 Å². The predicted molar refractivity (Wildman–Crippen MR) is 165 cm³/mol. The van der Waals surface area contributed by atoms with Gasteiger partial charge in [-0.25, -0.2) is 13.1 Å². The molecule has 0 aromatic heterocycles. The summed E-state index contributed by atoms with van der Waals surface area (Å²) in [5.74, 6) is -58.6. The molecule has 1 amide bonds. The fourth-order valence-corrected chi connectivity index (χ4v) is 6.00. The Bertz CT molecular complexity index is 1630. The summed E-state index contributed by atoms with van der Waals surface area (Å²) < 4.78 is 254. The fraction of sp³-hybridized carbons (Fsp3) is 0.852. The van der Waals surface area contributed by atoms with Crippen molar-refractivity contribution in [3.05, 3.63) is 0 Å². The number of aliphatic hydroxyl groups is 1. The van der Waals surface area contributed by atoms with Gasteiger partial charge in [-0.1, -0.05) is 0 Å². The van der Waals surface area contributed by atoms with Crippen molar-refractivity contribution in [1.29, 1.82) is 0 Å². The van der Waals surface area contributed by atoms with Crippen LogP contribution in [0.3, 0.4) is 0 Å². The van der Waals surface area contributed by atoms with E-state index in [1.54, 1.807) is 5.32 Å². The molecule has 1 rings (SSSR count). The number of aliphatic carboxylic acids is 3. The van der Waals surface area contributed by atoms with E-state index in [0.717, 1.165) is 0 Å². The zero-order valence-electron chi connectivity index (χ0n) is 30.3. The number of hydrogen-bond donors (Lipinski definition) is 6. The van der Waals surface area contributed by atoms with Gasteiger partial charge in [-0.3, -0.25) is 38.8 Å². The molecule has 0 radical (unpaired) electrons. The SMILES string of the molecule is O=C(O)CN1CCN(CC(=O)O)CCN(CC(O)CNC(=O)CNS(=O)(=O)C(F)(F)C(F)(F)C(F)(F)C(F)(F)C(F)(F)C(F)(F)C(F)(F)C(F)(F)F)CCN(CC(=O)O)CC1. The first kappa shape index (κ1) is 55.4. The van der Waals surface area contributed by atoms with Crippen LogP contribution in [-0.2, 0) is 29.2 Å². The van der Waals surface area contributed by atoms with Crippen LogP contribution >= 0.6 is 0 Å². The second-order valence-electron chi connectivity index (χ2n) is 13.1. The van der Waals surface area contributed by atoms with Gasteiger partial charge < -0.3 is 25.7 Å². The van der Waals surface area contributed by atoms with Crippen LogP contribution in [0.15, 0.2) is 0 Å². The van der Waals surface area contributed by atoms with Crippen LogP contribution in [-0.4, -0.2) is 217 Å². The Labute approximate surface area is 331 Å². The maximum atomic E-state index is 14.3. The number of carbonyl (C=O) groups excluding carboxylic acids is 1. The first-order chi connectivity index (χ1) is 27.2. The molecule has 1 fully saturated rings. The van der Waals surface area contributed by atoms with E-state index in [2.05, 4.69) is 0 Å². The normalized spacial score (nSPS) is 18.5. The summed E-state index contributed by atoms with van der Waals surface area (Å²) >= 11 is 0. The van der Waals surface area contributed by atoms with E-state index >= 15 is 0 Å². The second-order valence-corrected chi connectivity index (χ2v) is 14.9. The molecule has 1 atom stereocenters. The molecule has 1 saturated heterocycles. The number of nitrogens with zero attached hydrogens (tertiary/aromatic N) is 4. The molecule has 61 heavy (non-hydrogen) atoms. The summed E-state index contributed by atoms with van der Waals surface area (Å²) in [6.45, 7) is -6.14. The van der Waals surface area contributed by atoms with Crippen LogP contribution < -0.4 is 10.0 Å². The van der Waals surface area contributed by atoms with E-state index in [9.17, 15) is 123 Å². The maximum absolute atomic E-state index is 14.3. The van der Waals surface area contributed by atoms with Gasteiger partial charge in [-0.15, -0.1) is 0 Å². The molecule has 1 aliphatic heterocycles. The van der Waals surface area contributed by atoms with E-state index in [1.165, 1.54) is 19.6 Å². The molecule has 1 heterocycles. The van der Waals surface area contributed by atoms with Crippen LogP contribution in [0.1, 0.15) is 0 Å². The number of alkyl halides is 17. The third kappa shape index (κ3) is 12.5. The third-order valence-electron chi connectivity index (χ3n) is 8.46. The van der Waals surface area contributed by atoms with Crippen LogP contribution in [0, 0.1) is 0 Å². The van der Waals surface area contributed by atoms with Gasteiger partial charge >= 0.3 is 64.9 Å². The molecule has 0 aromatic carbocycles. The van der Waals surface area contributed by atoms with Crippen molar-refractivity contribution in [2.24, 2.45) is 0 Å². The molecule has 0 aliphatic carbocycles. The number of carboxylic acids is 3. The summed E-state index contributed by atoms with van der Waals surface area (Å²) in [5.41, 5.74) is 0. The summed E-state index contributed by atoms with van der Waals surface area (Å²) in [6.07, 6.45) is -9.78. The average molecular weight is 959 g/mol. The molecule has 0 aromatic rings. The molecule has 6 N–H and O–H groups in total. The number of rotatable bonds is 20. The van der Waals surface area contributed by atoms with E-state index in [-0.39, 0.29) is 57.1 Å². The van der Waals surface area contributed by atoms with Gasteiger partial charge in [-0.2, -0.15) is 74.6 Å². The topological polar surface area (TPSA) is 220 Å². The lowest BCUT2D eigenvalue weighted by Crippen LogP contribution is -2.75. The number of β-amino-alcohol motifs (C(OH)–C–C–N with tert-alkyl or cyclic N) is 1. The highest BCUT2D eigenvalue weighted by Crippen LogP contribution is 2.64. The Morgan fingerprint density at radius 3 is 1.11 bits per heavy atom. The predicted octanol–water partition coefficient (Wildman–Crippen LogP) is 0.825. The van der Waals surface area contributed by atoms with Crippen LogP contribution in [0.2, 0.25) is 0 Å². The lowest BCUT2D eigenvalue weighted by molar-refractivity contribution is -0.458. The van der Waals surface area contributed by atoms with Crippen molar-refractivity contribution in [2.75, 3.05) is 91.6 Å². The highest BCUT2D eigenvalue weighted by Gasteiger charge is 2.96. The van der Waals surface area contributed by atoms with Crippen LogP contribution in [0.25, 0.3) is 0 Å². The standard InChI is InChI=1S/C27H35F17N6O10S/c28-20(29,22(32,33)24(36,37)26(40,41)42)21(30,31)23(34,35)25(38,39)27(43,44)61(59,60)46-10-16(52)45-9-15(51)11-47-1-3-48(12-17(53)54)5-7-50(14-19(57)58)8-6-49(4-2-47)13-18(55)56/h15,46,51H,1-14H2,(H,45,52)(H,53,54)(H,55,56)(H,57,58). The largest absolute Gasteiger partial charge is 0.480 e. The number of amides is 1. The molecule has 34 heteroatoms. The summed E-state index contributed by atoms with van der Waals surface area (Å²) in [6, 6.07) is 0. The summed E-state index contributed by atoms with van der Waals surface area (Å²) in [7, 11) is -7.77. The van der Waals surface area contributed by atoms with Crippen molar-refractivity contribution in [1.82, 2.24) is 29.6 Å². The van der Waals surface area contributed by atoms with Crippen molar-refractivity contribution in [2.45, 2.75) is 53.1 Å². The van der Waals surface area contributed by atoms with E-state index in [0.29, 0.717) is 0 Å². The quantitative estimate of drug-likeness (QED) is 0.0932. The van der Waals surface area contributed by atoms with Gasteiger partial charge in [0.1, 0.15) is 0 Å². The Kier molecular flexibility index (Phi) is 18.0. The smallest absolute Gasteiger partial charge is 0.460 e. The molecule has 358 valence electrons. The number of nitrogens with one attached hydrogen (secondary N) is 2. The van der Waals surface area contributed by atoms with Gasteiger partial charge in [-0.05, 0) is 0 Å². The zero-order chi connectivity index (χ0) is 48.0. The van der Waals surface area contributed by atoms with E-state index < -0.39 is 126 Å². The van der Waals surface area contributed by atoms with Gasteiger partial charge in [0.25, 0.3) is 10.0 Å². The monoisotopic (exact) mass is 958 g/mol. The second kappa shape index (κ2) is 19.8. The number of carbonyl (C=O) groups is 4. The minimum absolute atomic E-state index is 0.0148. The Morgan fingerprint density at radius 1 is 0.508 bits per heavy atom. The van der Waals surface area contributed by atoms with Crippen molar-refractivity contribution in [3.8, 4) is 0 Å². The highest BCUT2D eigenvalue weighted by atomic mass is 32.2. The first-order valence-corrected chi connectivity index (χ1v) is 17.9. The van der Waals surface area contributed by atoms with Gasteiger partial charge in [0.05, 0.1) is 32.3 Å². The molecule has 16 nitrogen and oxygen atoms in total. The van der Waals surface area contributed by atoms with Gasteiger partial charge in [0.15, 0.2) is 0 Å². The molecular weight excluding hydrogens is 923 g/mol. The maximum Gasteiger partial charge on any atom is 0.460 e. The lowest BCUT2D eigenvalue weighted by Gasteiger charge is -2.42. The molecule has 1 unspecified atom stereocenters. The average Bonchev–Trinajstić information content (AvgIpc) is 3.09. The zero-order valence-corrected chi connectivity index (χ0v) is 31.2. The number of aliphatic hydroxyl groups excluding tert-OH is 1. The Morgan fingerprint density at radius 2 is 0.803 bits per heavy atom. The molecular formula is C27H35F17N6O10S.